The van der Waals surface area contributed by atoms with E-state index in [0.29, 0.717) is 49.0 Å². The van der Waals surface area contributed by atoms with Crippen LogP contribution in [0, 0.1) is 5.41 Å². The summed E-state index contributed by atoms with van der Waals surface area (Å²) in [7, 11) is 1.63. The first kappa shape index (κ1) is 24.4. The molecule has 34 heavy (non-hydrogen) atoms. The van der Waals surface area contributed by atoms with Gasteiger partial charge in [-0.25, -0.2) is 0 Å². The molecule has 2 amide bonds. The van der Waals surface area contributed by atoms with Crippen LogP contribution in [-0.4, -0.2) is 50.1 Å². The molecular formula is C27H33ClN2O4. The van der Waals surface area contributed by atoms with Crippen molar-refractivity contribution in [3.63, 3.8) is 0 Å². The second-order valence-corrected chi connectivity index (χ2v) is 9.83. The molecule has 182 valence electrons. The Kier molecular flexibility index (Phi) is 7.99. The summed E-state index contributed by atoms with van der Waals surface area (Å²) in [6, 6.07) is 12.9. The quantitative estimate of drug-likeness (QED) is 0.674. The first-order valence-corrected chi connectivity index (χ1v) is 12.5. The van der Waals surface area contributed by atoms with Gasteiger partial charge in [0.1, 0.15) is 11.5 Å². The second kappa shape index (κ2) is 11.1. The van der Waals surface area contributed by atoms with Gasteiger partial charge >= 0.3 is 0 Å². The number of carbonyl (C=O) groups is 2. The van der Waals surface area contributed by atoms with Gasteiger partial charge < -0.3 is 19.7 Å². The van der Waals surface area contributed by atoms with Crippen LogP contribution in [0.4, 0.5) is 0 Å². The molecule has 2 aromatic carbocycles. The van der Waals surface area contributed by atoms with Gasteiger partial charge in [-0.15, -0.1) is 0 Å². The fourth-order valence-electron chi connectivity index (χ4n) is 4.94. The Labute approximate surface area is 206 Å². The van der Waals surface area contributed by atoms with E-state index in [9.17, 15) is 9.59 Å². The first-order valence-electron chi connectivity index (χ1n) is 12.1. The summed E-state index contributed by atoms with van der Waals surface area (Å²) in [5.41, 5.74) is 1.44. The summed E-state index contributed by atoms with van der Waals surface area (Å²) in [6.07, 6.45) is 6.30. The standard InChI is InChI=1S/C27H33ClN2O4/c1-33-22-7-5-6-20(16-22)17-25(31)30-13-11-27(12-14-30)10-3-2-4-15-34-24-9-8-21(28)18-23(24)26(32)29-19-27/h5-9,16,18H,2-4,10-15,17,19H2,1H3,(H,29,32). The Morgan fingerprint density at radius 2 is 1.94 bits per heavy atom. The van der Waals surface area contributed by atoms with Gasteiger partial charge in [0.05, 0.1) is 25.7 Å². The molecule has 0 atom stereocenters. The third-order valence-corrected chi connectivity index (χ3v) is 7.32. The number of ether oxygens (including phenoxy) is 2. The minimum atomic E-state index is -0.158. The van der Waals surface area contributed by atoms with E-state index >= 15 is 0 Å². The number of hydrogen-bond donors (Lipinski definition) is 1. The fourth-order valence-corrected chi connectivity index (χ4v) is 5.12. The predicted molar refractivity (Wildman–Crippen MR) is 133 cm³/mol. The average Bonchev–Trinajstić information content (AvgIpc) is 2.85. The minimum Gasteiger partial charge on any atom is -0.497 e. The lowest BCUT2D eigenvalue weighted by Crippen LogP contribution is -2.48. The van der Waals surface area contributed by atoms with Crippen molar-refractivity contribution in [2.75, 3.05) is 33.4 Å². The van der Waals surface area contributed by atoms with Gasteiger partial charge in [0.15, 0.2) is 0 Å². The van der Waals surface area contributed by atoms with Crippen LogP contribution in [0.3, 0.4) is 0 Å². The summed E-state index contributed by atoms with van der Waals surface area (Å²) >= 11 is 6.15. The number of halogens is 1. The highest BCUT2D eigenvalue weighted by Gasteiger charge is 2.36. The number of rotatable bonds is 3. The lowest BCUT2D eigenvalue weighted by molar-refractivity contribution is -0.132. The van der Waals surface area contributed by atoms with Crippen molar-refractivity contribution in [2.24, 2.45) is 5.41 Å². The molecule has 0 aromatic heterocycles. The predicted octanol–water partition coefficient (Wildman–Crippen LogP) is 4.88. The minimum absolute atomic E-state index is 0.00119. The molecular weight excluding hydrogens is 452 g/mol. The molecule has 1 fully saturated rings. The van der Waals surface area contributed by atoms with E-state index in [1.165, 1.54) is 0 Å². The molecule has 2 heterocycles. The highest BCUT2D eigenvalue weighted by Crippen LogP contribution is 2.37. The highest BCUT2D eigenvalue weighted by atomic mass is 35.5. The van der Waals surface area contributed by atoms with Gasteiger partial charge in [-0.2, -0.15) is 0 Å². The zero-order valence-electron chi connectivity index (χ0n) is 19.8. The number of carbonyl (C=O) groups excluding carboxylic acids is 2. The Morgan fingerprint density at radius 3 is 2.74 bits per heavy atom. The molecule has 6 nitrogen and oxygen atoms in total. The number of fused-ring (bicyclic) bond motifs is 1. The zero-order valence-corrected chi connectivity index (χ0v) is 20.5. The number of methoxy groups -OCH3 is 1. The van der Waals surface area contributed by atoms with Crippen LogP contribution in [0.15, 0.2) is 42.5 Å². The molecule has 2 aromatic rings. The lowest BCUT2D eigenvalue weighted by atomic mass is 9.74. The third kappa shape index (κ3) is 6.03. The van der Waals surface area contributed by atoms with E-state index in [-0.39, 0.29) is 17.2 Å². The second-order valence-electron chi connectivity index (χ2n) is 9.39. The van der Waals surface area contributed by atoms with E-state index < -0.39 is 0 Å². The molecule has 1 saturated heterocycles. The third-order valence-electron chi connectivity index (χ3n) is 7.09. The van der Waals surface area contributed by atoms with Crippen molar-refractivity contribution in [1.29, 1.82) is 0 Å². The van der Waals surface area contributed by atoms with Gasteiger partial charge in [0, 0.05) is 24.7 Å². The zero-order chi connectivity index (χ0) is 24.0. The van der Waals surface area contributed by atoms with Crippen LogP contribution >= 0.6 is 11.6 Å². The van der Waals surface area contributed by atoms with Crippen molar-refractivity contribution < 1.29 is 19.1 Å². The summed E-state index contributed by atoms with van der Waals surface area (Å²) in [4.78, 5) is 27.9. The number of amides is 2. The SMILES string of the molecule is COc1cccc(CC(=O)N2CCC3(CCCCCOc4ccc(Cl)cc4C(=O)NC3)CC2)c1. The number of benzene rings is 2. The van der Waals surface area contributed by atoms with Gasteiger partial charge in [0.2, 0.25) is 5.91 Å². The van der Waals surface area contributed by atoms with Gasteiger partial charge in [0.25, 0.3) is 5.91 Å². The molecule has 1 N–H and O–H groups in total. The van der Waals surface area contributed by atoms with Crippen molar-refractivity contribution in [2.45, 2.75) is 44.9 Å². The average molecular weight is 485 g/mol. The van der Waals surface area contributed by atoms with E-state index in [0.717, 1.165) is 49.8 Å². The van der Waals surface area contributed by atoms with Gasteiger partial charge in [-0.3, -0.25) is 9.59 Å². The van der Waals surface area contributed by atoms with Crippen LogP contribution in [0.5, 0.6) is 11.5 Å². The number of nitrogens with zero attached hydrogens (tertiary/aromatic N) is 1. The van der Waals surface area contributed by atoms with Crippen LogP contribution in [-0.2, 0) is 11.2 Å². The smallest absolute Gasteiger partial charge is 0.255 e. The van der Waals surface area contributed by atoms with Crippen molar-refractivity contribution in [3.05, 3.63) is 58.6 Å². The highest BCUT2D eigenvalue weighted by molar-refractivity contribution is 6.31. The van der Waals surface area contributed by atoms with Crippen molar-refractivity contribution >= 4 is 23.4 Å². The summed E-state index contributed by atoms with van der Waals surface area (Å²) in [6.45, 7) is 2.60. The first-order chi connectivity index (χ1) is 16.5. The maximum Gasteiger partial charge on any atom is 0.255 e. The number of likely N-dealkylation sites (tertiary alicyclic amines) is 1. The molecule has 2 aliphatic heterocycles. The van der Waals surface area contributed by atoms with E-state index in [1.54, 1.807) is 25.3 Å². The topological polar surface area (TPSA) is 67.9 Å². The molecule has 0 aliphatic carbocycles. The van der Waals surface area contributed by atoms with Gasteiger partial charge in [-0.1, -0.05) is 36.6 Å². The van der Waals surface area contributed by atoms with Crippen LogP contribution in [0.2, 0.25) is 5.02 Å². The number of piperidine rings is 1. The molecule has 0 saturated carbocycles. The Hall–Kier alpha value is -2.73. The molecule has 7 heteroatoms. The van der Waals surface area contributed by atoms with Crippen LogP contribution in [0.1, 0.15) is 54.4 Å². The molecule has 4 rings (SSSR count). The fraction of sp³-hybridized carbons (Fsp3) is 0.481. The van der Waals surface area contributed by atoms with Gasteiger partial charge in [-0.05, 0) is 67.0 Å². The van der Waals surface area contributed by atoms with Crippen LogP contribution in [0.25, 0.3) is 0 Å². The summed E-state index contributed by atoms with van der Waals surface area (Å²) in [5.74, 6) is 1.32. The Bertz CT molecular complexity index is 1020. The Morgan fingerprint density at radius 1 is 1.12 bits per heavy atom. The Balaban J connectivity index is 1.40. The number of nitrogens with one attached hydrogen (secondary N) is 1. The number of hydrogen-bond acceptors (Lipinski definition) is 4. The molecule has 0 radical (unpaired) electrons. The molecule has 0 bridgehead atoms. The maximum absolute atomic E-state index is 13.0. The lowest BCUT2D eigenvalue weighted by Gasteiger charge is -2.42. The monoisotopic (exact) mass is 484 g/mol. The van der Waals surface area contributed by atoms with E-state index in [1.807, 2.05) is 29.2 Å². The molecule has 0 unspecified atom stereocenters. The molecule has 2 aliphatic rings. The van der Waals surface area contributed by atoms with Crippen molar-refractivity contribution in [1.82, 2.24) is 10.2 Å². The maximum atomic E-state index is 13.0. The van der Waals surface area contributed by atoms with Crippen LogP contribution < -0.4 is 14.8 Å². The molecule has 1 spiro atoms. The van der Waals surface area contributed by atoms with E-state index in [2.05, 4.69) is 5.32 Å². The largest absolute Gasteiger partial charge is 0.497 e. The van der Waals surface area contributed by atoms with Crippen molar-refractivity contribution in [3.8, 4) is 11.5 Å². The van der Waals surface area contributed by atoms with E-state index in [4.69, 9.17) is 21.1 Å². The summed E-state index contributed by atoms with van der Waals surface area (Å²) < 4.78 is 11.1. The summed E-state index contributed by atoms with van der Waals surface area (Å²) in [5, 5.41) is 3.66. The normalized spacial score (nSPS) is 18.6.